The number of amides is 1. The van der Waals surface area contributed by atoms with E-state index < -0.39 is 24.0 Å². The molecule has 2 aliphatic heterocycles. The third-order valence-corrected chi connectivity index (χ3v) is 3.24. The Morgan fingerprint density at radius 1 is 1.37 bits per heavy atom. The summed E-state index contributed by atoms with van der Waals surface area (Å²) in [6.45, 7) is 7.53. The number of nitrogens with one attached hydrogen (secondary N) is 1. The van der Waals surface area contributed by atoms with Crippen LogP contribution < -0.4 is 5.32 Å². The summed E-state index contributed by atoms with van der Waals surface area (Å²) in [7, 11) is 0. The molecule has 2 aliphatic rings. The zero-order valence-corrected chi connectivity index (χ0v) is 11.8. The van der Waals surface area contributed by atoms with Gasteiger partial charge >= 0.3 is 6.09 Å². The van der Waals surface area contributed by atoms with Gasteiger partial charge in [-0.05, 0) is 27.2 Å². The fourth-order valence-corrected chi connectivity index (χ4v) is 2.13. The molecule has 0 aromatic rings. The number of carbonyl (C=O) groups excluding carboxylic acids is 1. The third kappa shape index (κ3) is 4.04. The molecule has 0 aromatic carbocycles. The van der Waals surface area contributed by atoms with E-state index in [0.717, 1.165) is 13.1 Å². The van der Waals surface area contributed by atoms with Gasteiger partial charge in [0.25, 0.3) is 0 Å². The van der Waals surface area contributed by atoms with Crippen LogP contribution in [0, 0.1) is 0 Å². The van der Waals surface area contributed by atoms with Gasteiger partial charge in [-0.2, -0.15) is 0 Å². The minimum atomic E-state index is -1.14. The van der Waals surface area contributed by atoms with E-state index in [2.05, 4.69) is 5.32 Å². The van der Waals surface area contributed by atoms with Crippen molar-refractivity contribution in [2.75, 3.05) is 26.2 Å². The molecule has 1 N–H and O–H groups in total. The number of halogens is 1. The highest BCUT2D eigenvalue weighted by Gasteiger charge is 2.36. The molecular formula is C13H23FN2O3. The largest absolute Gasteiger partial charge is 0.444 e. The molecule has 0 aliphatic carbocycles. The van der Waals surface area contributed by atoms with Gasteiger partial charge in [-0.25, -0.2) is 9.18 Å². The summed E-state index contributed by atoms with van der Waals surface area (Å²) in [6, 6.07) is 0. The minimum absolute atomic E-state index is 0.0553. The lowest BCUT2D eigenvalue weighted by Gasteiger charge is -2.38. The zero-order valence-electron chi connectivity index (χ0n) is 11.8. The molecule has 19 heavy (non-hydrogen) atoms. The van der Waals surface area contributed by atoms with Crippen molar-refractivity contribution in [3.05, 3.63) is 0 Å². The van der Waals surface area contributed by atoms with Crippen molar-refractivity contribution < 1.29 is 18.7 Å². The number of nitrogens with zero attached hydrogens (tertiary/aromatic N) is 1. The molecule has 2 heterocycles. The first-order valence-electron chi connectivity index (χ1n) is 6.83. The molecule has 0 radical (unpaired) electrons. The van der Waals surface area contributed by atoms with Crippen LogP contribution in [0.3, 0.4) is 0 Å². The maximum atomic E-state index is 14.0. The minimum Gasteiger partial charge on any atom is -0.444 e. The smallest absolute Gasteiger partial charge is 0.410 e. The molecule has 5 nitrogen and oxygen atoms in total. The first-order chi connectivity index (χ1) is 8.85. The Bertz CT molecular complexity index is 328. The van der Waals surface area contributed by atoms with Crippen LogP contribution in [0.2, 0.25) is 0 Å². The number of hydrogen-bond acceptors (Lipinski definition) is 4. The lowest BCUT2D eigenvalue weighted by molar-refractivity contribution is -0.0972. The summed E-state index contributed by atoms with van der Waals surface area (Å²) in [5.74, 6) is 0. The van der Waals surface area contributed by atoms with Crippen molar-refractivity contribution in [3.8, 4) is 0 Å². The van der Waals surface area contributed by atoms with Crippen molar-refractivity contribution in [2.24, 2.45) is 0 Å². The van der Waals surface area contributed by atoms with Crippen molar-refractivity contribution in [2.45, 2.75) is 51.2 Å². The number of carbonyl (C=O) groups is 1. The third-order valence-electron chi connectivity index (χ3n) is 3.24. The van der Waals surface area contributed by atoms with Crippen molar-refractivity contribution in [1.29, 1.82) is 0 Å². The molecular weight excluding hydrogens is 251 g/mol. The normalized spacial score (nSPS) is 28.9. The Balaban J connectivity index is 1.80. The van der Waals surface area contributed by atoms with E-state index >= 15 is 0 Å². The van der Waals surface area contributed by atoms with Crippen molar-refractivity contribution in [1.82, 2.24) is 10.2 Å². The van der Waals surface area contributed by atoms with Crippen LogP contribution in [-0.4, -0.2) is 61.2 Å². The molecule has 0 aromatic heterocycles. The van der Waals surface area contributed by atoms with Gasteiger partial charge in [0.15, 0.2) is 0 Å². The van der Waals surface area contributed by atoms with Crippen LogP contribution in [-0.2, 0) is 9.47 Å². The van der Waals surface area contributed by atoms with Crippen LogP contribution in [0.4, 0.5) is 9.18 Å². The summed E-state index contributed by atoms with van der Waals surface area (Å²) < 4.78 is 24.9. The monoisotopic (exact) mass is 274 g/mol. The number of ether oxygens (including phenoxy) is 2. The van der Waals surface area contributed by atoms with Gasteiger partial charge in [0.05, 0.1) is 18.8 Å². The Kier molecular flexibility index (Phi) is 4.30. The van der Waals surface area contributed by atoms with Crippen molar-refractivity contribution >= 4 is 6.09 Å². The van der Waals surface area contributed by atoms with Crippen LogP contribution in [0.5, 0.6) is 0 Å². The molecule has 2 atom stereocenters. The second-order valence-corrected chi connectivity index (χ2v) is 6.19. The van der Waals surface area contributed by atoms with Gasteiger partial charge < -0.3 is 19.7 Å². The SMILES string of the molecule is CC(C)(C)OC(=O)N1CC[C@@H](OC2CNC2)[C@H](F)C1. The average Bonchev–Trinajstić information content (AvgIpc) is 2.22. The van der Waals surface area contributed by atoms with Crippen LogP contribution in [0.1, 0.15) is 27.2 Å². The molecule has 2 saturated heterocycles. The van der Waals surface area contributed by atoms with Gasteiger partial charge in [-0.1, -0.05) is 0 Å². The average molecular weight is 274 g/mol. The van der Waals surface area contributed by atoms with E-state index in [1.165, 1.54) is 4.90 Å². The highest BCUT2D eigenvalue weighted by atomic mass is 19.1. The molecule has 0 spiro atoms. The number of rotatable bonds is 2. The Morgan fingerprint density at radius 2 is 2.05 bits per heavy atom. The van der Waals surface area contributed by atoms with E-state index in [1.54, 1.807) is 20.8 Å². The second-order valence-electron chi connectivity index (χ2n) is 6.19. The standard InChI is InChI=1S/C13H23FN2O3/c1-13(2,3)19-12(17)16-5-4-11(10(14)8-16)18-9-6-15-7-9/h9-11,15H,4-8H2,1-3H3/t10-,11-/m1/s1. The molecule has 2 fully saturated rings. The number of alkyl halides is 1. The topological polar surface area (TPSA) is 50.8 Å². The molecule has 1 amide bonds. The van der Waals surface area contributed by atoms with Gasteiger partial charge in [0.1, 0.15) is 11.8 Å². The predicted molar refractivity (Wildman–Crippen MR) is 68.9 cm³/mol. The van der Waals surface area contributed by atoms with E-state index in [1.807, 2.05) is 0 Å². The first-order valence-corrected chi connectivity index (χ1v) is 6.83. The van der Waals surface area contributed by atoms with E-state index in [0.29, 0.717) is 13.0 Å². The lowest BCUT2D eigenvalue weighted by Crippen LogP contribution is -2.55. The highest BCUT2D eigenvalue weighted by molar-refractivity contribution is 5.68. The zero-order chi connectivity index (χ0) is 14.0. The summed E-state index contributed by atoms with van der Waals surface area (Å²) in [6.07, 6.45) is -1.33. The molecule has 6 heteroatoms. The van der Waals surface area contributed by atoms with Crippen LogP contribution in [0.15, 0.2) is 0 Å². The van der Waals surface area contributed by atoms with Gasteiger partial charge in [0.2, 0.25) is 0 Å². The maximum absolute atomic E-state index is 14.0. The summed E-state index contributed by atoms with van der Waals surface area (Å²) >= 11 is 0. The Morgan fingerprint density at radius 3 is 2.53 bits per heavy atom. The molecule has 2 rings (SSSR count). The molecule has 0 bridgehead atoms. The Labute approximate surface area is 113 Å². The summed E-state index contributed by atoms with van der Waals surface area (Å²) in [4.78, 5) is 13.3. The van der Waals surface area contributed by atoms with Gasteiger partial charge in [-0.15, -0.1) is 0 Å². The summed E-state index contributed by atoms with van der Waals surface area (Å²) in [5.41, 5.74) is -0.548. The van der Waals surface area contributed by atoms with Crippen LogP contribution in [0.25, 0.3) is 0 Å². The number of piperidine rings is 1. The molecule has 0 unspecified atom stereocenters. The van der Waals surface area contributed by atoms with E-state index in [-0.39, 0.29) is 12.6 Å². The fraction of sp³-hybridized carbons (Fsp3) is 0.923. The van der Waals surface area contributed by atoms with E-state index in [4.69, 9.17) is 9.47 Å². The van der Waals surface area contributed by atoms with Crippen molar-refractivity contribution in [3.63, 3.8) is 0 Å². The number of hydrogen-bond donors (Lipinski definition) is 1. The lowest BCUT2D eigenvalue weighted by atomic mass is 10.1. The van der Waals surface area contributed by atoms with Crippen LogP contribution >= 0.6 is 0 Å². The molecule has 0 saturated carbocycles. The molecule has 110 valence electrons. The summed E-state index contributed by atoms with van der Waals surface area (Å²) in [5, 5.41) is 3.09. The quantitative estimate of drug-likeness (QED) is 0.825. The predicted octanol–water partition coefficient (Wildman–Crippen LogP) is 1.32. The van der Waals surface area contributed by atoms with E-state index in [9.17, 15) is 9.18 Å². The van der Waals surface area contributed by atoms with Gasteiger partial charge in [0, 0.05) is 19.6 Å². The highest BCUT2D eigenvalue weighted by Crippen LogP contribution is 2.21. The van der Waals surface area contributed by atoms with Gasteiger partial charge in [-0.3, -0.25) is 0 Å². The second kappa shape index (κ2) is 5.63. The Hall–Kier alpha value is -0.880. The first kappa shape index (κ1) is 14.5. The maximum Gasteiger partial charge on any atom is 0.410 e. The fourth-order valence-electron chi connectivity index (χ4n) is 2.13. The number of likely N-dealkylation sites (tertiary alicyclic amines) is 1.